The molecule has 0 unspecified atom stereocenters. The lowest BCUT2D eigenvalue weighted by Gasteiger charge is -2.16. The number of sulfonamides is 1. The molecule has 6 nitrogen and oxygen atoms in total. The molecule has 0 saturated carbocycles. The molecule has 0 aromatic heterocycles. The highest BCUT2D eigenvalue weighted by Gasteiger charge is 2.22. The number of rotatable bonds is 8. The lowest BCUT2D eigenvalue weighted by molar-refractivity contribution is -0.122. The van der Waals surface area contributed by atoms with Crippen LogP contribution in [0.25, 0.3) is 0 Å². The van der Waals surface area contributed by atoms with Gasteiger partial charge in [0.1, 0.15) is 5.75 Å². The Hall–Kier alpha value is -1.80. The van der Waals surface area contributed by atoms with Crippen molar-refractivity contribution in [1.29, 1.82) is 0 Å². The number of hydrogen-bond donors (Lipinski definition) is 2. The Morgan fingerprint density at radius 1 is 1.18 bits per heavy atom. The molecule has 1 amide bonds. The van der Waals surface area contributed by atoms with E-state index in [2.05, 4.69) is 10.0 Å². The number of aryl methyl sites for hydroxylation is 1. The van der Waals surface area contributed by atoms with Crippen LogP contribution in [0.1, 0.15) is 25.0 Å². The van der Waals surface area contributed by atoms with Crippen molar-refractivity contribution in [2.45, 2.75) is 38.3 Å². The van der Waals surface area contributed by atoms with Gasteiger partial charge in [0.2, 0.25) is 15.9 Å². The molecule has 2 rings (SSSR count). The van der Waals surface area contributed by atoms with Gasteiger partial charge in [-0.1, -0.05) is 29.3 Å². The fourth-order valence-electron chi connectivity index (χ4n) is 2.46. The van der Waals surface area contributed by atoms with E-state index in [0.29, 0.717) is 33.5 Å². The smallest absolute Gasteiger partial charge is 0.241 e. The first-order chi connectivity index (χ1) is 13.1. The lowest BCUT2D eigenvalue weighted by Crippen LogP contribution is -2.44. The van der Waals surface area contributed by atoms with Gasteiger partial charge in [-0.2, -0.15) is 4.72 Å². The Labute approximate surface area is 175 Å². The predicted molar refractivity (Wildman–Crippen MR) is 110 cm³/mol. The molecule has 2 aromatic carbocycles. The molecule has 28 heavy (non-hydrogen) atoms. The summed E-state index contributed by atoms with van der Waals surface area (Å²) in [6.45, 7) is 5.72. The third-order valence-corrected chi connectivity index (χ3v) is 6.08. The van der Waals surface area contributed by atoms with E-state index in [-0.39, 0.29) is 11.4 Å². The molecule has 2 aromatic rings. The zero-order valence-electron chi connectivity index (χ0n) is 15.8. The summed E-state index contributed by atoms with van der Waals surface area (Å²) < 4.78 is 32.9. The minimum Gasteiger partial charge on any atom is -0.494 e. The quantitative estimate of drug-likeness (QED) is 0.649. The van der Waals surface area contributed by atoms with Crippen LogP contribution >= 0.6 is 23.2 Å². The number of carbonyl (C=O) groups is 1. The zero-order chi connectivity index (χ0) is 20.9. The number of ether oxygens (including phenoxy) is 1. The van der Waals surface area contributed by atoms with Gasteiger partial charge in [0.15, 0.2) is 0 Å². The maximum absolute atomic E-state index is 12.6. The number of carbonyl (C=O) groups excluding carboxylic acids is 1. The SMILES string of the molecule is CCOc1ccc(S(=O)(=O)N[C@@H](C)C(=O)NCc2ccc(Cl)cc2Cl)cc1C. The van der Waals surface area contributed by atoms with E-state index in [1.54, 1.807) is 31.2 Å². The van der Waals surface area contributed by atoms with Gasteiger partial charge in [-0.15, -0.1) is 0 Å². The molecular formula is C19H22Cl2N2O4S. The average Bonchev–Trinajstić information content (AvgIpc) is 2.62. The minimum absolute atomic E-state index is 0.0637. The molecule has 1 atom stereocenters. The molecule has 0 aliphatic carbocycles. The van der Waals surface area contributed by atoms with Crippen molar-refractivity contribution in [2.75, 3.05) is 6.61 Å². The monoisotopic (exact) mass is 444 g/mol. The summed E-state index contributed by atoms with van der Waals surface area (Å²) in [7, 11) is -3.87. The van der Waals surface area contributed by atoms with E-state index < -0.39 is 22.0 Å². The lowest BCUT2D eigenvalue weighted by atomic mass is 10.2. The molecule has 0 fully saturated rings. The summed E-state index contributed by atoms with van der Waals surface area (Å²) in [5.74, 6) is 0.143. The van der Waals surface area contributed by atoms with Gasteiger partial charge >= 0.3 is 0 Å². The van der Waals surface area contributed by atoms with Gasteiger partial charge in [0.25, 0.3) is 0 Å². The van der Waals surface area contributed by atoms with Crippen LogP contribution < -0.4 is 14.8 Å². The second-order valence-electron chi connectivity index (χ2n) is 6.16. The predicted octanol–water partition coefficient (Wildman–Crippen LogP) is 3.68. The van der Waals surface area contributed by atoms with Crippen molar-refractivity contribution in [2.24, 2.45) is 0 Å². The van der Waals surface area contributed by atoms with Crippen molar-refractivity contribution < 1.29 is 17.9 Å². The standard InChI is InChI=1S/C19H22Cl2N2O4S/c1-4-27-18-8-7-16(9-12(18)2)28(25,26)23-13(3)19(24)22-11-14-5-6-15(20)10-17(14)21/h5-10,13,23H,4,11H2,1-3H3,(H,22,24)/t13-/m0/s1. The molecule has 0 spiro atoms. The summed E-state index contributed by atoms with van der Waals surface area (Å²) in [6.07, 6.45) is 0. The number of amides is 1. The van der Waals surface area contributed by atoms with Crippen LogP contribution in [-0.2, 0) is 21.4 Å². The van der Waals surface area contributed by atoms with Gasteiger partial charge in [0.05, 0.1) is 17.5 Å². The normalized spacial score (nSPS) is 12.5. The summed E-state index contributed by atoms with van der Waals surface area (Å²) in [4.78, 5) is 12.3. The topological polar surface area (TPSA) is 84.5 Å². The molecular weight excluding hydrogens is 423 g/mol. The van der Waals surface area contributed by atoms with Crippen LogP contribution in [-0.4, -0.2) is 27.0 Å². The summed E-state index contributed by atoms with van der Waals surface area (Å²) in [5, 5.41) is 3.57. The van der Waals surface area contributed by atoms with E-state index >= 15 is 0 Å². The Bertz CT molecular complexity index is 964. The summed E-state index contributed by atoms with van der Waals surface area (Å²) in [5.41, 5.74) is 1.37. The third-order valence-electron chi connectivity index (χ3n) is 3.95. The number of nitrogens with one attached hydrogen (secondary N) is 2. The minimum atomic E-state index is -3.87. The van der Waals surface area contributed by atoms with Gasteiger partial charge < -0.3 is 10.1 Å². The van der Waals surface area contributed by atoms with Crippen LogP contribution in [0.3, 0.4) is 0 Å². The van der Waals surface area contributed by atoms with E-state index in [9.17, 15) is 13.2 Å². The van der Waals surface area contributed by atoms with Crippen LogP contribution in [0.5, 0.6) is 5.75 Å². The third kappa shape index (κ3) is 5.85. The number of hydrogen-bond acceptors (Lipinski definition) is 4. The molecule has 0 saturated heterocycles. The van der Waals surface area contributed by atoms with Crippen molar-refractivity contribution in [3.05, 3.63) is 57.6 Å². The largest absolute Gasteiger partial charge is 0.494 e. The molecule has 0 radical (unpaired) electrons. The van der Waals surface area contributed by atoms with Gasteiger partial charge in [0, 0.05) is 16.6 Å². The van der Waals surface area contributed by atoms with Crippen LogP contribution in [0.2, 0.25) is 10.0 Å². The molecule has 0 aliphatic rings. The van der Waals surface area contributed by atoms with Crippen molar-refractivity contribution in [1.82, 2.24) is 10.0 Å². The molecule has 9 heteroatoms. The Kier molecular flexibility index (Phi) is 7.71. The highest BCUT2D eigenvalue weighted by atomic mass is 35.5. The average molecular weight is 445 g/mol. The Morgan fingerprint density at radius 3 is 2.50 bits per heavy atom. The van der Waals surface area contributed by atoms with Crippen LogP contribution in [0, 0.1) is 6.92 Å². The van der Waals surface area contributed by atoms with Gasteiger partial charge in [-0.25, -0.2) is 8.42 Å². The molecule has 2 N–H and O–H groups in total. The van der Waals surface area contributed by atoms with Crippen LogP contribution in [0.4, 0.5) is 0 Å². The highest BCUT2D eigenvalue weighted by Crippen LogP contribution is 2.22. The summed E-state index contributed by atoms with van der Waals surface area (Å²) in [6, 6.07) is 8.51. The first-order valence-electron chi connectivity index (χ1n) is 8.61. The van der Waals surface area contributed by atoms with Crippen LogP contribution in [0.15, 0.2) is 41.3 Å². The number of halogens is 2. The molecule has 0 bridgehead atoms. The highest BCUT2D eigenvalue weighted by molar-refractivity contribution is 7.89. The molecule has 0 heterocycles. The van der Waals surface area contributed by atoms with Crippen molar-refractivity contribution >= 4 is 39.1 Å². The van der Waals surface area contributed by atoms with E-state index in [4.69, 9.17) is 27.9 Å². The van der Waals surface area contributed by atoms with E-state index in [0.717, 1.165) is 0 Å². The number of benzene rings is 2. The van der Waals surface area contributed by atoms with Crippen molar-refractivity contribution in [3.63, 3.8) is 0 Å². The maximum atomic E-state index is 12.6. The Balaban J connectivity index is 2.02. The molecule has 152 valence electrons. The van der Waals surface area contributed by atoms with Crippen molar-refractivity contribution in [3.8, 4) is 5.75 Å². The van der Waals surface area contributed by atoms with E-state index in [1.807, 2.05) is 6.92 Å². The Morgan fingerprint density at radius 2 is 1.89 bits per heavy atom. The van der Waals surface area contributed by atoms with Gasteiger partial charge in [-0.3, -0.25) is 4.79 Å². The van der Waals surface area contributed by atoms with Gasteiger partial charge in [-0.05, 0) is 62.2 Å². The van der Waals surface area contributed by atoms with E-state index in [1.165, 1.54) is 19.1 Å². The maximum Gasteiger partial charge on any atom is 0.241 e. The fraction of sp³-hybridized carbons (Fsp3) is 0.316. The first kappa shape index (κ1) is 22.5. The summed E-state index contributed by atoms with van der Waals surface area (Å²) >= 11 is 11.9. The fourth-order valence-corrected chi connectivity index (χ4v) is 4.22. The molecule has 0 aliphatic heterocycles. The second kappa shape index (κ2) is 9.60. The first-order valence-corrected chi connectivity index (χ1v) is 10.9. The second-order valence-corrected chi connectivity index (χ2v) is 8.71. The zero-order valence-corrected chi connectivity index (χ0v) is 18.1.